The van der Waals surface area contributed by atoms with Gasteiger partial charge in [0.1, 0.15) is 0 Å². The standard InChI is InChI=1S/C17H17N3/c1-11-4-3-5-15(12(11)2)20-16-7-6-13-10-19-9-8-14(13)17(16)18/h3-10,20H,18H2,1-2H3. The number of aromatic nitrogens is 1. The first-order chi connectivity index (χ1) is 9.66. The van der Waals surface area contributed by atoms with Gasteiger partial charge in [-0.1, -0.05) is 18.2 Å². The Bertz CT molecular complexity index is 778. The molecule has 0 radical (unpaired) electrons. The number of nitrogens with zero attached hydrogens (tertiary/aromatic N) is 1. The first-order valence-corrected chi connectivity index (χ1v) is 6.62. The van der Waals surface area contributed by atoms with Gasteiger partial charge in [0.25, 0.3) is 0 Å². The van der Waals surface area contributed by atoms with Gasteiger partial charge in [-0.25, -0.2) is 0 Å². The van der Waals surface area contributed by atoms with Gasteiger partial charge in [-0.15, -0.1) is 0 Å². The summed E-state index contributed by atoms with van der Waals surface area (Å²) < 4.78 is 0. The second kappa shape index (κ2) is 4.85. The summed E-state index contributed by atoms with van der Waals surface area (Å²) in [5, 5.41) is 5.50. The molecule has 3 heteroatoms. The highest BCUT2D eigenvalue weighted by Crippen LogP contribution is 2.31. The molecule has 0 saturated heterocycles. The van der Waals surface area contributed by atoms with Gasteiger partial charge in [-0.3, -0.25) is 4.98 Å². The summed E-state index contributed by atoms with van der Waals surface area (Å²) in [6.45, 7) is 4.22. The van der Waals surface area contributed by atoms with Crippen LogP contribution in [-0.2, 0) is 0 Å². The lowest BCUT2D eigenvalue weighted by Crippen LogP contribution is -1.99. The minimum absolute atomic E-state index is 0.755. The van der Waals surface area contributed by atoms with E-state index in [2.05, 4.69) is 36.3 Å². The number of nitrogen functional groups attached to an aromatic ring is 1. The Balaban J connectivity index is 2.07. The molecule has 0 bridgehead atoms. The molecule has 3 rings (SSSR count). The van der Waals surface area contributed by atoms with Crippen LogP contribution in [0.25, 0.3) is 10.8 Å². The molecule has 0 atom stereocenters. The molecule has 3 nitrogen and oxygen atoms in total. The monoisotopic (exact) mass is 263 g/mol. The van der Waals surface area contributed by atoms with Crippen molar-refractivity contribution in [3.63, 3.8) is 0 Å². The molecular formula is C17H17N3. The molecule has 0 spiro atoms. The summed E-state index contributed by atoms with van der Waals surface area (Å²) in [5.74, 6) is 0. The molecule has 0 fully saturated rings. The zero-order valence-corrected chi connectivity index (χ0v) is 11.6. The maximum absolute atomic E-state index is 6.26. The molecule has 100 valence electrons. The number of rotatable bonds is 2. The number of aryl methyl sites for hydroxylation is 1. The van der Waals surface area contributed by atoms with Gasteiger partial charge in [-0.05, 0) is 43.2 Å². The molecule has 0 aliphatic carbocycles. The van der Waals surface area contributed by atoms with E-state index < -0.39 is 0 Å². The smallest absolute Gasteiger partial charge is 0.0634 e. The van der Waals surface area contributed by atoms with Crippen LogP contribution in [0.2, 0.25) is 0 Å². The Kier molecular flexibility index (Phi) is 3.03. The number of nitrogens with two attached hydrogens (primary N) is 1. The van der Waals surface area contributed by atoms with Crippen LogP contribution in [0.1, 0.15) is 11.1 Å². The molecule has 0 saturated carbocycles. The Morgan fingerprint density at radius 2 is 1.85 bits per heavy atom. The molecule has 20 heavy (non-hydrogen) atoms. The number of benzene rings is 2. The topological polar surface area (TPSA) is 50.9 Å². The normalized spacial score (nSPS) is 10.7. The second-order valence-corrected chi connectivity index (χ2v) is 5.00. The SMILES string of the molecule is Cc1cccc(Nc2ccc3cnccc3c2N)c1C. The Morgan fingerprint density at radius 3 is 2.70 bits per heavy atom. The Hall–Kier alpha value is -2.55. The average molecular weight is 263 g/mol. The second-order valence-electron chi connectivity index (χ2n) is 5.00. The number of fused-ring (bicyclic) bond motifs is 1. The van der Waals surface area contributed by atoms with Crippen molar-refractivity contribution in [3.8, 4) is 0 Å². The minimum Gasteiger partial charge on any atom is -0.397 e. The third-order valence-electron chi connectivity index (χ3n) is 3.74. The van der Waals surface area contributed by atoms with Crippen LogP contribution in [-0.4, -0.2) is 4.98 Å². The van der Waals surface area contributed by atoms with Gasteiger partial charge in [-0.2, -0.15) is 0 Å². The van der Waals surface area contributed by atoms with Gasteiger partial charge in [0.15, 0.2) is 0 Å². The van der Waals surface area contributed by atoms with Crippen LogP contribution in [0.3, 0.4) is 0 Å². The van der Waals surface area contributed by atoms with Crippen molar-refractivity contribution in [2.45, 2.75) is 13.8 Å². The van der Waals surface area contributed by atoms with E-state index in [1.54, 1.807) is 6.20 Å². The maximum Gasteiger partial charge on any atom is 0.0634 e. The number of hydrogen-bond donors (Lipinski definition) is 2. The lowest BCUT2D eigenvalue weighted by atomic mass is 10.1. The van der Waals surface area contributed by atoms with Crippen LogP contribution in [0, 0.1) is 13.8 Å². The lowest BCUT2D eigenvalue weighted by molar-refractivity contribution is 1.33. The van der Waals surface area contributed by atoms with Gasteiger partial charge < -0.3 is 11.1 Å². The summed E-state index contributed by atoms with van der Waals surface area (Å²) in [6.07, 6.45) is 3.59. The van der Waals surface area contributed by atoms with Crippen molar-refractivity contribution in [1.82, 2.24) is 4.98 Å². The molecular weight excluding hydrogens is 246 g/mol. The maximum atomic E-state index is 6.26. The highest BCUT2D eigenvalue weighted by atomic mass is 14.9. The summed E-state index contributed by atoms with van der Waals surface area (Å²) in [4.78, 5) is 4.12. The number of anilines is 3. The van der Waals surface area contributed by atoms with Crippen molar-refractivity contribution in [2.24, 2.45) is 0 Å². The minimum atomic E-state index is 0.755. The molecule has 0 aliphatic rings. The average Bonchev–Trinajstić information content (AvgIpc) is 2.47. The van der Waals surface area contributed by atoms with E-state index in [4.69, 9.17) is 5.73 Å². The summed E-state index contributed by atoms with van der Waals surface area (Å²) in [5.41, 5.74) is 11.5. The van der Waals surface area contributed by atoms with E-state index in [1.165, 1.54) is 11.1 Å². The van der Waals surface area contributed by atoms with Crippen LogP contribution in [0.4, 0.5) is 17.1 Å². The van der Waals surface area contributed by atoms with E-state index in [9.17, 15) is 0 Å². The molecule has 0 unspecified atom stereocenters. The quantitative estimate of drug-likeness (QED) is 0.682. The predicted molar refractivity (Wildman–Crippen MR) is 85.4 cm³/mol. The zero-order chi connectivity index (χ0) is 14.1. The molecule has 2 aromatic carbocycles. The lowest BCUT2D eigenvalue weighted by Gasteiger charge is -2.14. The third kappa shape index (κ3) is 2.07. The van der Waals surface area contributed by atoms with Crippen molar-refractivity contribution in [1.29, 1.82) is 0 Å². The first-order valence-electron chi connectivity index (χ1n) is 6.62. The highest BCUT2D eigenvalue weighted by molar-refractivity contribution is 5.99. The fourth-order valence-electron chi connectivity index (χ4n) is 2.33. The van der Waals surface area contributed by atoms with E-state index in [1.807, 2.05) is 30.5 Å². The van der Waals surface area contributed by atoms with E-state index >= 15 is 0 Å². The fourth-order valence-corrected chi connectivity index (χ4v) is 2.33. The van der Waals surface area contributed by atoms with Gasteiger partial charge >= 0.3 is 0 Å². The van der Waals surface area contributed by atoms with Gasteiger partial charge in [0.2, 0.25) is 0 Å². The van der Waals surface area contributed by atoms with Crippen LogP contribution in [0.5, 0.6) is 0 Å². The van der Waals surface area contributed by atoms with E-state index in [0.29, 0.717) is 0 Å². The summed E-state index contributed by atoms with van der Waals surface area (Å²) in [6, 6.07) is 12.2. The largest absolute Gasteiger partial charge is 0.397 e. The third-order valence-corrected chi connectivity index (χ3v) is 3.74. The molecule has 3 aromatic rings. The summed E-state index contributed by atoms with van der Waals surface area (Å²) in [7, 11) is 0. The molecule has 1 heterocycles. The molecule has 3 N–H and O–H groups in total. The first kappa shape index (κ1) is 12.5. The summed E-state index contributed by atoms with van der Waals surface area (Å²) >= 11 is 0. The van der Waals surface area contributed by atoms with Crippen LogP contribution >= 0.6 is 0 Å². The van der Waals surface area contributed by atoms with Crippen molar-refractivity contribution >= 4 is 27.8 Å². The van der Waals surface area contributed by atoms with Crippen molar-refractivity contribution in [2.75, 3.05) is 11.1 Å². The van der Waals surface area contributed by atoms with E-state index in [-0.39, 0.29) is 0 Å². The molecule has 0 amide bonds. The van der Waals surface area contributed by atoms with Crippen LogP contribution < -0.4 is 11.1 Å². The van der Waals surface area contributed by atoms with Crippen LogP contribution in [0.15, 0.2) is 48.8 Å². The van der Waals surface area contributed by atoms with Gasteiger partial charge in [0.05, 0.1) is 11.4 Å². The number of pyridine rings is 1. The fraction of sp³-hybridized carbons (Fsp3) is 0.118. The predicted octanol–water partition coefficient (Wildman–Crippen LogP) is 4.18. The molecule has 0 aliphatic heterocycles. The number of nitrogens with one attached hydrogen (secondary N) is 1. The highest BCUT2D eigenvalue weighted by Gasteiger charge is 2.06. The van der Waals surface area contributed by atoms with E-state index in [0.717, 1.165) is 27.8 Å². The van der Waals surface area contributed by atoms with Crippen molar-refractivity contribution in [3.05, 3.63) is 59.9 Å². The van der Waals surface area contributed by atoms with Crippen molar-refractivity contribution < 1.29 is 0 Å². The Morgan fingerprint density at radius 1 is 1.00 bits per heavy atom. The van der Waals surface area contributed by atoms with Gasteiger partial charge in [0, 0.05) is 28.9 Å². The molecule has 1 aromatic heterocycles. The Labute approximate surface area is 118 Å². The zero-order valence-electron chi connectivity index (χ0n) is 11.6. The number of hydrogen-bond acceptors (Lipinski definition) is 3.